The van der Waals surface area contributed by atoms with E-state index in [-0.39, 0.29) is 25.0 Å². The summed E-state index contributed by atoms with van der Waals surface area (Å²) in [4.78, 5) is 73.4. The maximum absolute atomic E-state index is 13.7. The van der Waals surface area contributed by atoms with Crippen molar-refractivity contribution in [3.63, 3.8) is 0 Å². The zero-order chi connectivity index (χ0) is 32.5. The molecule has 2 aromatic carbocycles. The molecule has 4 atom stereocenters. The van der Waals surface area contributed by atoms with Crippen LogP contribution in [0.5, 0.6) is 5.75 Å². The first-order valence-corrected chi connectivity index (χ1v) is 14.0. The van der Waals surface area contributed by atoms with E-state index in [0.717, 1.165) is 10.9 Å². The molecule has 2 heterocycles. The smallest absolute Gasteiger partial charge is 0.326 e. The Morgan fingerprint density at radius 3 is 2.11 bits per heavy atom. The fourth-order valence-electron chi connectivity index (χ4n) is 4.76. The molecular weight excluding hydrogens is 584 g/mol. The van der Waals surface area contributed by atoms with Gasteiger partial charge in [0.2, 0.25) is 23.6 Å². The molecule has 0 bridgehead atoms. The maximum Gasteiger partial charge on any atom is 0.326 e. The minimum Gasteiger partial charge on any atom is -0.508 e. The van der Waals surface area contributed by atoms with E-state index in [1.54, 1.807) is 6.20 Å². The number of rotatable bonds is 15. The number of hydrogen-bond acceptors (Lipinski definition) is 8. The number of primary amides is 1. The van der Waals surface area contributed by atoms with Crippen LogP contribution in [-0.2, 0) is 43.2 Å². The van der Waals surface area contributed by atoms with Crippen LogP contribution in [0.3, 0.4) is 0 Å². The minimum atomic E-state index is -1.36. The van der Waals surface area contributed by atoms with Gasteiger partial charge in [-0.05, 0) is 29.3 Å². The van der Waals surface area contributed by atoms with Gasteiger partial charge in [-0.1, -0.05) is 30.3 Å². The minimum absolute atomic E-state index is 0.00326. The number of amides is 4. The Bertz CT molecular complexity index is 1650. The van der Waals surface area contributed by atoms with E-state index in [2.05, 4.69) is 30.9 Å². The molecule has 0 radical (unpaired) electrons. The molecule has 4 rings (SSSR count). The lowest BCUT2D eigenvalue weighted by molar-refractivity contribution is -0.142. The lowest BCUT2D eigenvalue weighted by Crippen LogP contribution is -2.58. The summed E-state index contributed by atoms with van der Waals surface area (Å²) in [6, 6.07) is 7.98. The van der Waals surface area contributed by atoms with Crippen molar-refractivity contribution >= 4 is 40.5 Å². The monoisotopic (exact) mass is 618 g/mol. The van der Waals surface area contributed by atoms with E-state index in [1.807, 2.05) is 24.3 Å². The molecule has 4 unspecified atom stereocenters. The number of aromatic hydroxyl groups is 1. The van der Waals surface area contributed by atoms with Crippen molar-refractivity contribution in [1.82, 2.24) is 30.9 Å². The van der Waals surface area contributed by atoms with Crippen LogP contribution in [0.15, 0.2) is 67.3 Å². The number of carboxylic acids is 1. The van der Waals surface area contributed by atoms with Crippen molar-refractivity contribution in [2.24, 2.45) is 11.5 Å². The molecule has 0 fully saturated rings. The van der Waals surface area contributed by atoms with Crippen LogP contribution < -0.4 is 27.4 Å². The predicted molar refractivity (Wildman–Crippen MR) is 161 cm³/mol. The van der Waals surface area contributed by atoms with Crippen LogP contribution in [0.2, 0.25) is 0 Å². The molecule has 15 nitrogen and oxygen atoms in total. The van der Waals surface area contributed by atoms with Gasteiger partial charge in [-0.15, -0.1) is 0 Å². The number of aliphatic carboxylic acids is 1. The summed E-state index contributed by atoms with van der Waals surface area (Å²) in [6.07, 6.45) is 3.89. The number of nitrogens with zero attached hydrogens (tertiary/aromatic N) is 1. The lowest BCUT2D eigenvalue weighted by atomic mass is 10.0. The standard InChI is InChI=1S/C30H34N8O7/c31-21(12-26(32)40)27(41)36-24(11-18-14-33-15-35-18)29(43)37-23(10-17-13-34-22-4-2-1-3-20(17)22)28(42)38-25(30(44)45)9-16-5-7-19(39)8-6-16/h1-8,13-15,21,23-25,34,39H,9-12,31H2,(H2,32,40)(H,33,35)(H,36,41)(H,37,43)(H,38,42)(H,44,45). The first kappa shape index (κ1) is 32.2. The predicted octanol–water partition coefficient (Wildman–Crippen LogP) is -0.634. The third-order valence-corrected chi connectivity index (χ3v) is 7.09. The summed E-state index contributed by atoms with van der Waals surface area (Å²) in [7, 11) is 0. The molecule has 236 valence electrons. The van der Waals surface area contributed by atoms with Crippen LogP contribution in [0.4, 0.5) is 0 Å². The van der Waals surface area contributed by atoms with Crippen molar-refractivity contribution in [3.05, 3.63) is 84.1 Å². The molecule has 11 N–H and O–H groups in total. The molecule has 45 heavy (non-hydrogen) atoms. The quantitative estimate of drug-likeness (QED) is 0.0820. The van der Waals surface area contributed by atoms with Gasteiger partial charge >= 0.3 is 5.97 Å². The van der Waals surface area contributed by atoms with Crippen LogP contribution in [0, 0.1) is 0 Å². The summed E-state index contributed by atoms with van der Waals surface area (Å²) in [5, 5.41) is 27.9. The highest BCUT2D eigenvalue weighted by molar-refractivity contribution is 5.95. The van der Waals surface area contributed by atoms with Gasteiger partial charge in [0.15, 0.2) is 0 Å². The third kappa shape index (κ3) is 8.90. The van der Waals surface area contributed by atoms with Gasteiger partial charge in [-0.2, -0.15) is 0 Å². The fraction of sp³-hybridized carbons (Fsp3) is 0.267. The molecule has 2 aromatic heterocycles. The number of hydrogen-bond donors (Lipinski definition) is 9. The largest absolute Gasteiger partial charge is 0.508 e. The Balaban J connectivity index is 1.59. The number of aromatic nitrogens is 3. The number of phenolic OH excluding ortho intramolecular Hbond substituents is 1. The van der Waals surface area contributed by atoms with Crippen LogP contribution in [0.25, 0.3) is 10.9 Å². The summed E-state index contributed by atoms with van der Waals surface area (Å²) >= 11 is 0. The molecule has 0 saturated heterocycles. The second-order valence-corrected chi connectivity index (χ2v) is 10.5. The summed E-state index contributed by atoms with van der Waals surface area (Å²) in [5.41, 5.74) is 13.4. The molecule has 4 aromatic rings. The SMILES string of the molecule is NC(=O)CC(N)C(=O)NC(Cc1cnc[nH]1)C(=O)NC(Cc1c[nH]c2ccccc12)C(=O)NC(Cc1ccc(O)cc1)C(=O)O. The normalized spacial score (nSPS) is 13.7. The van der Waals surface area contributed by atoms with Crippen LogP contribution in [-0.4, -0.2) is 78.9 Å². The Hall–Kier alpha value is -5.70. The molecule has 0 aliphatic carbocycles. The van der Waals surface area contributed by atoms with E-state index < -0.39 is 60.2 Å². The first-order valence-electron chi connectivity index (χ1n) is 14.0. The Kier molecular flexibility index (Phi) is 10.5. The van der Waals surface area contributed by atoms with Crippen LogP contribution >= 0.6 is 0 Å². The number of H-pyrrole nitrogens is 2. The van der Waals surface area contributed by atoms with Crippen molar-refractivity contribution in [3.8, 4) is 5.75 Å². The fourth-order valence-corrected chi connectivity index (χ4v) is 4.76. The molecule has 0 saturated carbocycles. The third-order valence-electron chi connectivity index (χ3n) is 7.09. The van der Waals surface area contributed by atoms with E-state index in [9.17, 15) is 34.2 Å². The Morgan fingerprint density at radius 2 is 1.47 bits per heavy atom. The highest BCUT2D eigenvalue weighted by atomic mass is 16.4. The second-order valence-electron chi connectivity index (χ2n) is 10.5. The van der Waals surface area contributed by atoms with E-state index in [4.69, 9.17) is 11.5 Å². The maximum atomic E-state index is 13.7. The van der Waals surface area contributed by atoms with Crippen molar-refractivity contribution < 1.29 is 34.2 Å². The van der Waals surface area contributed by atoms with E-state index in [1.165, 1.54) is 36.8 Å². The molecular formula is C30H34N8O7. The zero-order valence-corrected chi connectivity index (χ0v) is 24.0. The van der Waals surface area contributed by atoms with Gasteiger partial charge < -0.3 is 47.6 Å². The average molecular weight is 619 g/mol. The molecule has 15 heteroatoms. The van der Waals surface area contributed by atoms with Gasteiger partial charge in [0.1, 0.15) is 23.9 Å². The number of carbonyl (C=O) groups excluding carboxylic acids is 4. The Morgan fingerprint density at radius 1 is 0.822 bits per heavy atom. The zero-order valence-electron chi connectivity index (χ0n) is 24.0. The number of fused-ring (bicyclic) bond motifs is 1. The number of aromatic amines is 2. The second kappa shape index (κ2) is 14.7. The van der Waals surface area contributed by atoms with Crippen molar-refractivity contribution in [2.45, 2.75) is 49.9 Å². The van der Waals surface area contributed by atoms with E-state index in [0.29, 0.717) is 16.8 Å². The number of benzene rings is 2. The molecule has 0 aliphatic rings. The number of carboxylic acid groups (broad SMARTS) is 1. The molecule has 0 aliphatic heterocycles. The summed E-state index contributed by atoms with van der Waals surface area (Å²) < 4.78 is 0. The number of nitrogens with two attached hydrogens (primary N) is 2. The summed E-state index contributed by atoms with van der Waals surface area (Å²) in [5.74, 6) is -4.47. The number of phenols is 1. The topological polar surface area (TPSA) is 258 Å². The van der Waals surface area contributed by atoms with Gasteiger partial charge in [0.05, 0.1) is 18.8 Å². The number of nitrogens with one attached hydrogen (secondary N) is 5. The first-order chi connectivity index (χ1) is 21.5. The number of imidazole rings is 1. The average Bonchev–Trinajstić information content (AvgIpc) is 3.66. The highest BCUT2D eigenvalue weighted by Crippen LogP contribution is 2.20. The number of carbonyl (C=O) groups is 5. The molecule has 4 amide bonds. The van der Waals surface area contributed by atoms with E-state index >= 15 is 0 Å². The van der Waals surface area contributed by atoms with Crippen molar-refractivity contribution in [1.29, 1.82) is 0 Å². The van der Waals surface area contributed by atoms with Crippen LogP contribution in [0.1, 0.15) is 23.2 Å². The number of para-hydroxylation sites is 1. The van der Waals surface area contributed by atoms with Gasteiger partial charge in [0, 0.05) is 48.3 Å². The Labute approximate surface area is 256 Å². The van der Waals surface area contributed by atoms with Gasteiger partial charge in [0.25, 0.3) is 0 Å². The molecule has 0 spiro atoms. The van der Waals surface area contributed by atoms with Gasteiger partial charge in [-0.25, -0.2) is 9.78 Å². The van der Waals surface area contributed by atoms with Crippen molar-refractivity contribution in [2.75, 3.05) is 0 Å². The van der Waals surface area contributed by atoms with Gasteiger partial charge in [-0.3, -0.25) is 19.2 Å². The summed E-state index contributed by atoms with van der Waals surface area (Å²) in [6.45, 7) is 0. The lowest BCUT2D eigenvalue weighted by Gasteiger charge is -2.25. The highest BCUT2D eigenvalue weighted by Gasteiger charge is 2.32.